The number of aromatic nitrogens is 1. The van der Waals surface area contributed by atoms with E-state index in [9.17, 15) is 0 Å². The van der Waals surface area contributed by atoms with E-state index in [-0.39, 0.29) is 6.10 Å². The van der Waals surface area contributed by atoms with Gasteiger partial charge in [-0.05, 0) is 32.4 Å². The maximum atomic E-state index is 5.88. The molecule has 2 unspecified atom stereocenters. The maximum Gasteiger partial charge on any atom is 0.213 e. The lowest BCUT2D eigenvalue weighted by atomic mass is 9.92. The molecule has 1 aromatic heterocycles. The van der Waals surface area contributed by atoms with E-state index in [1.54, 1.807) is 12.3 Å². The van der Waals surface area contributed by atoms with Crippen molar-refractivity contribution >= 4 is 11.6 Å². The van der Waals surface area contributed by atoms with Crippen molar-refractivity contribution in [1.29, 1.82) is 0 Å². The third-order valence-corrected chi connectivity index (χ3v) is 3.27. The summed E-state index contributed by atoms with van der Waals surface area (Å²) >= 11 is 5.78. The van der Waals surface area contributed by atoms with E-state index < -0.39 is 0 Å². The van der Waals surface area contributed by atoms with Crippen LogP contribution in [0.3, 0.4) is 0 Å². The molecule has 1 N–H and O–H groups in total. The minimum Gasteiger partial charge on any atom is -0.473 e. The molecule has 0 aliphatic heterocycles. The zero-order valence-electron chi connectivity index (χ0n) is 9.45. The molecule has 0 aromatic carbocycles. The van der Waals surface area contributed by atoms with Crippen molar-refractivity contribution in [1.82, 2.24) is 10.3 Å². The van der Waals surface area contributed by atoms with Gasteiger partial charge in [-0.25, -0.2) is 4.98 Å². The molecule has 1 aliphatic carbocycles. The molecule has 0 bridgehead atoms. The van der Waals surface area contributed by atoms with Gasteiger partial charge in [0.15, 0.2) is 0 Å². The van der Waals surface area contributed by atoms with Crippen LogP contribution in [0.4, 0.5) is 0 Å². The molecule has 4 heteroatoms. The largest absolute Gasteiger partial charge is 0.473 e. The van der Waals surface area contributed by atoms with Crippen LogP contribution in [-0.4, -0.2) is 24.2 Å². The molecule has 0 amide bonds. The predicted octanol–water partition coefficient (Wildman–Crippen LogP) is 2.64. The highest BCUT2D eigenvalue weighted by Gasteiger charge is 2.25. The number of hydrogen-bond acceptors (Lipinski definition) is 3. The molecule has 0 spiro atoms. The van der Waals surface area contributed by atoms with E-state index in [0.717, 1.165) is 6.42 Å². The summed E-state index contributed by atoms with van der Waals surface area (Å²) in [5.41, 5.74) is 0. The van der Waals surface area contributed by atoms with Crippen molar-refractivity contribution < 1.29 is 4.74 Å². The van der Waals surface area contributed by atoms with Gasteiger partial charge in [0.2, 0.25) is 5.88 Å². The number of ether oxygens (including phenoxy) is 1. The second-order valence-corrected chi connectivity index (χ2v) is 4.59. The summed E-state index contributed by atoms with van der Waals surface area (Å²) in [6.07, 6.45) is 6.63. The van der Waals surface area contributed by atoms with Gasteiger partial charge in [0.25, 0.3) is 0 Å². The lowest BCUT2D eigenvalue weighted by molar-refractivity contribution is 0.113. The third-order valence-electron chi connectivity index (χ3n) is 3.05. The van der Waals surface area contributed by atoms with Crippen molar-refractivity contribution in [2.75, 3.05) is 7.05 Å². The Morgan fingerprint density at radius 3 is 2.88 bits per heavy atom. The number of pyridine rings is 1. The van der Waals surface area contributed by atoms with Gasteiger partial charge in [0.05, 0.1) is 5.02 Å². The first-order valence-electron chi connectivity index (χ1n) is 5.75. The Bertz CT molecular complexity index is 328. The number of nitrogens with one attached hydrogen (secondary N) is 1. The summed E-state index contributed by atoms with van der Waals surface area (Å²) in [6.45, 7) is 0. The number of likely N-dealkylation sites (N-methyl/N-ethyl adjacent to an activating group) is 1. The summed E-state index contributed by atoms with van der Waals surface area (Å²) in [7, 11) is 1.99. The summed E-state index contributed by atoms with van der Waals surface area (Å²) < 4.78 is 5.88. The molecule has 1 aromatic rings. The normalized spacial score (nSPS) is 25.4. The number of halogens is 1. The molecule has 16 heavy (non-hydrogen) atoms. The van der Waals surface area contributed by atoms with Crippen molar-refractivity contribution in [3.05, 3.63) is 23.4 Å². The monoisotopic (exact) mass is 240 g/mol. The Hall–Kier alpha value is -0.800. The summed E-state index contributed by atoms with van der Waals surface area (Å²) in [5, 5.41) is 3.95. The molecule has 1 aliphatic rings. The first-order valence-corrected chi connectivity index (χ1v) is 6.13. The van der Waals surface area contributed by atoms with Crippen LogP contribution < -0.4 is 10.1 Å². The van der Waals surface area contributed by atoms with Crippen LogP contribution in [0.15, 0.2) is 18.3 Å². The van der Waals surface area contributed by atoms with Crippen molar-refractivity contribution in [2.24, 2.45) is 0 Å². The zero-order valence-corrected chi connectivity index (χ0v) is 10.2. The second kappa shape index (κ2) is 5.51. The first kappa shape index (κ1) is 11.7. The minimum atomic E-state index is 0.229. The van der Waals surface area contributed by atoms with Gasteiger partial charge in [0.1, 0.15) is 6.10 Å². The van der Waals surface area contributed by atoms with Gasteiger partial charge in [0, 0.05) is 18.3 Å². The lowest BCUT2D eigenvalue weighted by Gasteiger charge is -2.31. The Kier molecular flexibility index (Phi) is 4.02. The maximum absolute atomic E-state index is 5.88. The fraction of sp³-hybridized carbons (Fsp3) is 0.583. The van der Waals surface area contributed by atoms with E-state index in [1.807, 2.05) is 13.1 Å². The van der Waals surface area contributed by atoms with Gasteiger partial charge in [-0.2, -0.15) is 0 Å². The quantitative estimate of drug-likeness (QED) is 0.882. The van der Waals surface area contributed by atoms with Gasteiger partial charge < -0.3 is 10.1 Å². The molecule has 2 atom stereocenters. The highest BCUT2D eigenvalue weighted by molar-refractivity contribution is 6.30. The van der Waals surface area contributed by atoms with Crippen molar-refractivity contribution in [2.45, 2.75) is 37.8 Å². The van der Waals surface area contributed by atoms with Crippen LogP contribution in [0, 0.1) is 0 Å². The highest BCUT2D eigenvalue weighted by atomic mass is 35.5. The smallest absolute Gasteiger partial charge is 0.213 e. The van der Waals surface area contributed by atoms with E-state index in [4.69, 9.17) is 16.3 Å². The molecule has 88 valence electrons. The summed E-state index contributed by atoms with van der Waals surface area (Å²) in [6, 6.07) is 4.07. The molecule has 1 fully saturated rings. The molecular weight excluding hydrogens is 224 g/mol. The topological polar surface area (TPSA) is 34.1 Å². The van der Waals surface area contributed by atoms with Crippen LogP contribution in [0.1, 0.15) is 25.7 Å². The minimum absolute atomic E-state index is 0.229. The average molecular weight is 241 g/mol. The highest BCUT2D eigenvalue weighted by Crippen LogP contribution is 2.23. The van der Waals surface area contributed by atoms with E-state index in [2.05, 4.69) is 10.3 Å². The molecule has 0 saturated heterocycles. The Labute approximate surface area is 101 Å². The summed E-state index contributed by atoms with van der Waals surface area (Å²) in [5.74, 6) is 0.663. The van der Waals surface area contributed by atoms with Crippen LogP contribution in [0.5, 0.6) is 5.88 Å². The average Bonchev–Trinajstić information content (AvgIpc) is 2.33. The Morgan fingerprint density at radius 2 is 2.19 bits per heavy atom. The standard InChI is InChI=1S/C12H17ClN2O/c1-14-10-4-2-3-5-11(10)16-12-7-6-9(13)8-15-12/h6-8,10-11,14H,2-5H2,1H3. The number of hydrogen-bond donors (Lipinski definition) is 1. The fourth-order valence-electron chi connectivity index (χ4n) is 2.16. The zero-order chi connectivity index (χ0) is 11.4. The molecule has 2 rings (SSSR count). The number of rotatable bonds is 3. The van der Waals surface area contributed by atoms with Gasteiger partial charge in [-0.3, -0.25) is 0 Å². The Morgan fingerprint density at radius 1 is 1.38 bits per heavy atom. The van der Waals surface area contributed by atoms with E-state index in [1.165, 1.54) is 19.3 Å². The SMILES string of the molecule is CNC1CCCCC1Oc1ccc(Cl)cn1. The van der Waals surface area contributed by atoms with Crippen molar-refractivity contribution in [3.63, 3.8) is 0 Å². The van der Waals surface area contributed by atoms with Gasteiger partial charge in [-0.15, -0.1) is 0 Å². The molecular formula is C12H17ClN2O. The first-order chi connectivity index (χ1) is 7.79. The predicted molar refractivity (Wildman–Crippen MR) is 65.0 cm³/mol. The molecule has 1 saturated carbocycles. The second-order valence-electron chi connectivity index (χ2n) is 4.15. The van der Waals surface area contributed by atoms with Crippen LogP contribution in [0.25, 0.3) is 0 Å². The fourth-order valence-corrected chi connectivity index (χ4v) is 2.27. The van der Waals surface area contributed by atoms with Gasteiger partial charge >= 0.3 is 0 Å². The lowest BCUT2D eigenvalue weighted by Crippen LogP contribution is -2.43. The van der Waals surface area contributed by atoms with E-state index in [0.29, 0.717) is 16.9 Å². The molecule has 0 radical (unpaired) electrons. The molecule has 3 nitrogen and oxygen atoms in total. The van der Waals surface area contributed by atoms with Crippen LogP contribution >= 0.6 is 11.6 Å². The van der Waals surface area contributed by atoms with Crippen molar-refractivity contribution in [3.8, 4) is 5.88 Å². The van der Waals surface area contributed by atoms with Crippen LogP contribution in [0.2, 0.25) is 5.02 Å². The number of nitrogens with zero attached hydrogens (tertiary/aromatic N) is 1. The Balaban J connectivity index is 1.99. The van der Waals surface area contributed by atoms with E-state index >= 15 is 0 Å². The molecule has 1 heterocycles. The van der Waals surface area contributed by atoms with Crippen LogP contribution in [-0.2, 0) is 0 Å². The third kappa shape index (κ3) is 2.86. The summed E-state index contributed by atoms with van der Waals surface area (Å²) in [4.78, 5) is 4.16. The van der Waals surface area contributed by atoms with Gasteiger partial charge in [-0.1, -0.05) is 18.0 Å².